The first kappa shape index (κ1) is 17.0. The van der Waals surface area contributed by atoms with Gasteiger partial charge in [0.15, 0.2) is 0 Å². The topological polar surface area (TPSA) is 49.9 Å². The van der Waals surface area contributed by atoms with Gasteiger partial charge in [0.2, 0.25) is 5.91 Å². The Morgan fingerprint density at radius 2 is 2.04 bits per heavy atom. The fourth-order valence-corrected chi connectivity index (χ4v) is 5.37. The van der Waals surface area contributed by atoms with Crippen LogP contribution in [0.25, 0.3) is 0 Å². The number of rotatable bonds is 3. The fourth-order valence-electron chi connectivity index (χ4n) is 4.62. The van der Waals surface area contributed by atoms with E-state index in [4.69, 9.17) is 4.74 Å². The summed E-state index contributed by atoms with van der Waals surface area (Å²) in [7, 11) is 0. The van der Waals surface area contributed by atoms with Crippen LogP contribution >= 0.6 is 11.3 Å². The molecule has 3 fully saturated rings. The van der Waals surface area contributed by atoms with E-state index in [9.17, 15) is 9.59 Å². The van der Waals surface area contributed by atoms with E-state index < -0.39 is 5.60 Å². The number of carbonyl (C=O) groups excluding carboxylic acids is 2. The van der Waals surface area contributed by atoms with Gasteiger partial charge in [0.05, 0.1) is 12.3 Å². The van der Waals surface area contributed by atoms with Crippen molar-refractivity contribution < 1.29 is 14.3 Å². The molecule has 1 amide bonds. The van der Waals surface area contributed by atoms with Crippen LogP contribution in [0, 0.1) is 5.92 Å². The third-order valence-corrected chi connectivity index (χ3v) is 6.79. The standard InChI is InChI=1S/C19H26N2O3S/c22-17-13-16(19(24-17)6-1-2-7-19)18(23)21-9-4-8-20(10-11-21)14-15-5-3-12-25-15/h3,5,12,16H,1-2,4,6-11,13-14H2/t16-/m1/s1. The number of amides is 1. The summed E-state index contributed by atoms with van der Waals surface area (Å²) in [6, 6.07) is 4.26. The highest BCUT2D eigenvalue weighted by atomic mass is 32.1. The zero-order chi connectivity index (χ0) is 17.3. The molecule has 2 aliphatic heterocycles. The molecular weight excluding hydrogens is 336 g/mol. The van der Waals surface area contributed by atoms with Crippen molar-refractivity contribution in [3.8, 4) is 0 Å². The number of ether oxygens (including phenoxy) is 1. The van der Waals surface area contributed by atoms with Crippen molar-refractivity contribution in [2.75, 3.05) is 26.2 Å². The molecular formula is C19H26N2O3S. The van der Waals surface area contributed by atoms with E-state index >= 15 is 0 Å². The second kappa shape index (κ2) is 7.08. The molecule has 3 aliphatic rings. The van der Waals surface area contributed by atoms with Gasteiger partial charge in [-0.05, 0) is 43.6 Å². The van der Waals surface area contributed by atoms with Crippen LogP contribution in [0.4, 0.5) is 0 Å². The van der Waals surface area contributed by atoms with Crippen molar-refractivity contribution in [3.05, 3.63) is 22.4 Å². The second-order valence-corrected chi connectivity index (χ2v) is 8.57. The molecule has 2 saturated heterocycles. The van der Waals surface area contributed by atoms with Crippen molar-refractivity contribution in [2.45, 2.75) is 50.7 Å². The van der Waals surface area contributed by atoms with Crippen molar-refractivity contribution in [3.63, 3.8) is 0 Å². The largest absolute Gasteiger partial charge is 0.458 e. The molecule has 136 valence electrons. The lowest BCUT2D eigenvalue weighted by Crippen LogP contribution is -2.46. The average molecular weight is 362 g/mol. The smallest absolute Gasteiger partial charge is 0.307 e. The Kier molecular flexibility index (Phi) is 4.82. The first-order chi connectivity index (χ1) is 12.2. The van der Waals surface area contributed by atoms with E-state index in [0.717, 1.165) is 64.8 Å². The maximum absolute atomic E-state index is 13.2. The Hall–Kier alpha value is -1.40. The third kappa shape index (κ3) is 3.47. The predicted octanol–water partition coefficient (Wildman–Crippen LogP) is 2.66. The van der Waals surface area contributed by atoms with Gasteiger partial charge in [0.1, 0.15) is 5.60 Å². The molecule has 6 heteroatoms. The number of hydrogen-bond acceptors (Lipinski definition) is 5. The summed E-state index contributed by atoms with van der Waals surface area (Å²) < 4.78 is 5.66. The van der Waals surface area contributed by atoms with Crippen LogP contribution in [-0.4, -0.2) is 53.5 Å². The van der Waals surface area contributed by atoms with Crippen molar-refractivity contribution in [1.82, 2.24) is 9.80 Å². The van der Waals surface area contributed by atoms with Crippen LogP contribution in [0.2, 0.25) is 0 Å². The minimum absolute atomic E-state index is 0.144. The lowest BCUT2D eigenvalue weighted by molar-refractivity contribution is -0.151. The zero-order valence-electron chi connectivity index (χ0n) is 14.6. The van der Waals surface area contributed by atoms with Crippen LogP contribution in [0.3, 0.4) is 0 Å². The molecule has 0 aromatic carbocycles. The van der Waals surface area contributed by atoms with Crippen molar-refractivity contribution in [1.29, 1.82) is 0 Å². The quantitative estimate of drug-likeness (QED) is 0.776. The van der Waals surface area contributed by atoms with Gasteiger partial charge in [-0.3, -0.25) is 14.5 Å². The zero-order valence-corrected chi connectivity index (χ0v) is 15.4. The van der Waals surface area contributed by atoms with E-state index in [2.05, 4.69) is 22.4 Å². The van der Waals surface area contributed by atoms with Crippen molar-refractivity contribution in [2.24, 2.45) is 5.92 Å². The Labute approximate surface area is 152 Å². The molecule has 0 bridgehead atoms. The lowest BCUT2D eigenvalue weighted by atomic mass is 9.84. The summed E-state index contributed by atoms with van der Waals surface area (Å²) in [5.41, 5.74) is -0.489. The molecule has 0 N–H and O–H groups in total. The molecule has 1 atom stereocenters. The van der Waals surface area contributed by atoms with Crippen molar-refractivity contribution >= 4 is 23.2 Å². The molecule has 4 rings (SSSR count). The number of hydrogen-bond donors (Lipinski definition) is 0. The van der Waals surface area contributed by atoms with Gasteiger partial charge in [-0.15, -0.1) is 11.3 Å². The maximum Gasteiger partial charge on any atom is 0.307 e. The summed E-state index contributed by atoms with van der Waals surface area (Å²) in [6.45, 7) is 4.44. The average Bonchev–Trinajstić information content (AvgIpc) is 3.29. The first-order valence-corrected chi connectivity index (χ1v) is 10.3. The fraction of sp³-hybridized carbons (Fsp3) is 0.684. The number of thiophene rings is 1. The minimum atomic E-state index is -0.489. The Morgan fingerprint density at radius 3 is 2.80 bits per heavy atom. The summed E-state index contributed by atoms with van der Waals surface area (Å²) >= 11 is 1.79. The summed E-state index contributed by atoms with van der Waals surface area (Å²) in [6.07, 6.45) is 5.10. The van der Waals surface area contributed by atoms with Gasteiger partial charge in [-0.25, -0.2) is 0 Å². The Balaban J connectivity index is 1.40. The molecule has 5 nitrogen and oxygen atoms in total. The molecule has 1 aromatic rings. The van der Waals surface area contributed by atoms with E-state index in [0.29, 0.717) is 0 Å². The number of carbonyl (C=O) groups is 2. The van der Waals surface area contributed by atoms with Crippen LogP contribution < -0.4 is 0 Å². The molecule has 1 spiro atoms. The first-order valence-electron chi connectivity index (χ1n) is 9.42. The third-order valence-electron chi connectivity index (χ3n) is 5.93. The lowest BCUT2D eigenvalue weighted by Gasteiger charge is -2.32. The van der Waals surface area contributed by atoms with Gasteiger partial charge < -0.3 is 9.64 Å². The van der Waals surface area contributed by atoms with E-state index in [1.165, 1.54) is 4.88 Å². The highest BCUT2D eigenvalue weighted by molar-refractivity contribution is 7.09. The van der Waals surface area contributed by atoms with Crippen LogP contribution in [0.1, 0.15) is 43.4 Å². The second-order valence-electron chi connectivity index (χ2n) is 7.54. The van der Waals surface area contributed by atoms with Gasteiger partial charge in [0, 0.05) is 37.6 Å². The molecule has 1 saturated carbocycles. The maximum atomic E-state index is 13.2. The van der Waals surface area contributed by atoms with Crippen LogP contribution in [0.5, 0.6) is 0 Å². The SMILES string of the molecule is O=C1C[C@H](C(=O)N2CCCN(Cc3cccs3)CC2)C2(CCCC2)O1. The van der Waals surface area contributed by atoms with Gasteiger partial charge >= 0.3 is 5.97 Å². The van der Waals surface area contributed by atoms with E-state index in [1.807, 2.05) is 4.90 Å². The molecule has 1 aromatic heterocycles. The molecule has 1 aliphatic carbocycles. The number of esters is 1. The minimum Gasteiger partial charge on any atom is -0.458 e. The van der Waals surface area contributed by atoms with Crippen LogP contribution in [0.15, 0.2) is 17.5 Å². The monoisotopic (exact) mass is 362 g/mol. The Bertz CT molecular complexity index is 625. The van der Waals surface area contributed by atoms with Gasteiger partial charge in [-0.1, -0.05) is 6.07 Å². The highest BCUT2D eigenvalue weighted by Gasteiger charge is 2.54. The predicted molar refractivity (Wildman–Crippen MR) is 96.2 cm³/mol. The molecule has 3 heterocycles. The van der Waals surface area contributed by atoms with Gasteiger partial charge in [-0.2, -0.15) is 0 Å². The molecule has 0 radical (unpaired) electrons. The van der Waals surface area contributed by atoms with E-state index in [-0.39, 0.29) is 24.2 Å². The Morgan fingerprint density at radius 1 is 1.20 bits per heavy atom. The van der Waals surface area contributed by atoms with E-state index in [1.54, 1.807) is 11.3 Å². The molecule has 0 unspecified atom stereocenters. The number of nitrogens with zero attached hydrogens (tertiary/aromatic N) is 2. The summed E-state index contributed by atoms with van der Waals surface area (Å²) in [4.78, 5) is 30.9. The van der Waals surface area contributed by atoms with Crippen LogP contribution in [-0.2, 0) is 20.9 Å². The summed E-state index contributed by atoms with van der Waals surface area (Å²) in [5, 5.41) is 2.11. The summed E-state index contributed by atoms with van der Waals surface area (Å²) in [5.74, 6) is -0.300. The molecule has 25 heavy (non-hydrogen) atoms. The normalized spacial score (nSPS) is 26.8. The van der Waals surface area contributed by atoms with Gasteiger partial charge in [0.25, 0.3) is 0 Å². The highest BCUT2D eigenvalue weighted by Crippen LogP contribution is 2.46.